The summed E-state index contributed by atoms with van der Waals surface area (Å²) in [5.41, 5.74) is 1.53. The number of amides is 1. The molecule has 0 aromatic carbocycles. The standard InChI is InChI=1S/C23H31N5O4/c1-5-24-21(29)17-10-15-16(13-27(4)22(30)20(15)25-17)18-11-19(23(2,3)31)26-28(18)12-14-6-8-32-9-7-14/h10-11,13-14,25,31H,5-9,12H2,1-4H3,(H,24,29). The number of hydrogen-bond acceptors (Lipinski definition) is 5. The molecule has 1 amide bonds. The van der Waals surface area contributed by atoms with Crippen LogP contribution in [0, 0.1) is 5.92 Å². The second-order valence-electron chi connectivity index (χ2n) is 9.00. The van der Waals surface area contributed by atoms with E-state index in [1.807, 2.05) is 17.7 Å². The number of aliphatic hydroxyl groups is 1. The molecule has 4 rings (SSSR count). The quantitative estimate of drug-likeness (QED) is 0.542. The van der Waals surface area contributed by atoms with Gasteiger partial charge in [0.1, 0.15) is 16.8 Å². The molecule has 0 atom stereocenters. The molecule has 0 saturated carbocycles. The van der Waals surface area contributed by atoms with Crippen molar-refractivity contribution in [2.24, 2.45) is 13.0 Å². The Morgan fingerprint density at radius 3 is 2.72 bits per heavy atom. The lowest BCUT2D eigenvalue weighted by Crippen LogP contribution is -2.23. The van der Waals surface area contributed by atoms with E-state index in [0.717, 1.165) is 37.3 Å². The minimum atomic E-state index is -1.11. The molecule has 0 spiro atoms. The number of rotatable bonds is 6. The summed E-state index contributed by atoms with van der Waals surface area (Å²) in [5, 5.41) is 18.8. The number of fused-ring (bicyclic) bond motifs is 1. The van der Waals surface area contributed by atoms with E-state index in [2.05, 4.69) is 10.3 Å². The summed E-state index contributed by atoms with van der Waals surface area (Å²) in [7, 11) is 1.69. The van der Waals surface area contributed by atoms with Crippen molar-refractivity contribution >= 4 is 16.8 Å². The van der Waals surface area contributed by atoms with E-state index in [4.69, 9.17) is 9.84 Å². The van der Waals surface area contributed by atoms with Crippen molar-refractivity contribution in [3.63, 3.8) is 0 Å². The average molecular weight is 442 g/mol. The van der Waals surface area contributed by atoms with Gasteiger partial charge >= 0.3 is 0 Å². The van der Waals surface area contributed by atoms with Crippen molar-refractivity contribution in [3.8, 4) is 11.3 Å². The minimum Gasteiger partial charge on any atom is -0.384 e. The highest BCUT2D eigenvalue weighted by Gasteiger charge is 2.26. The molecule has 0 bridgehead atoms. The molecule has 0 aliphatic carbocycles. The second kappa shape index (κ2) is 8.55. The molecular formula is C23H31N5O4. The molecule has 1 fully saturated rings. The fraction of sp³-hybridized carbons (Fsp3) is 0.522. The molecule has 1 saturated heterocycles. The lowest BCUT2D eigenvalue weighted by molar-refractivity contribution is 0.0585. The van der Waals surface area contributed by atoms with Gasteiger partial charge in [0.25, 0.3) is 11.5 Å². The maximum Gasteiger partial charge on any atom is 0.274 e. The summed E-state index contributed by atoms with van der Waals surface area (Å²) in [5.74, 6) is 0.154. The molecule has 1 aliphatic rings. The number of nitrogens with zero attached hydrogens (tertiary/aromatic N) is 3. The maximum absolute atomic E-state index is 12.8. The van der Waals surface area contributed by atoms with E-state index < -0.39 is 5.60 Å². The van der Waals surface area contributed by atoms with E-state index in [1.54, 1.807) is 33.2 Å². The van der Waals surface area contributed by atoms with Gasteiger partial charge in [0.2, 0.25) is 0 Å². The van der Waals surface area contributed by atoms with Gasteiger partial charge in [-0.2, -0.15) is 5.10 Å². The number of aromatic nitrogens is 4. The van der Waals surface area contributed by atoms with Crippen molar-refractivity contribution in [2.75, 3.05) is 19.8 Å². The molecule has 0 unspecified atom stereocenters. The third-order valence-electron chi connectivity index (χ3n) is 6.00. The van der Waals surface area contributed by atoms with Gasteiger partial charge in [0.15, 0.2) is 0 Å². The molecule has 4 heterocycles. The summed E-state index contributed by atoms with van der Waals surface area (Å²) < 4.78 is 8.92. The highest BCUT2D eigenvalue weighted by molar-refractivity contribution is 6.02. The number of hydrogen-bond donors (Lipinski definition) is 3. The lowest BCUT2D eigenvalue weighted by atomic mass is 10.00. The fourth-order valence-electron chi connectivity index (χ4n) is 4.16. The van der Waals surface area contributed by atoms with Gasteiger partial charge in [-0.1, -0.05) is 0 Å². The van der Waals surface area contributed by atoms with Gasteiger partial charge in [-0.15, -0.1) is 0 Å². The first kappa shape index (κ1) is 22.3. The number of nitrogens with one attached hydrogen (secondary N) is 2. The Bertz CT molecular complexity index is 1190. The second-order valence-corrected chi connectivity index (χ2v) is 9.00. The predicted molar refractivity (Wildman–Crippen MR) is 122 cm³/mol. The Labute approximate surface area is 186 Å². The smallest absolute Gasteiger partial charge is 0.274 e. The molecule has 3 aromatic heterocycles. The fourth-order valence-corrected chi connectivity index (χ4v) is 4.16. The first-order valence-corrected chi connectivity index (χ1v) is 11.1. The number of aryl methyl sites for hydroxylation is 1. The van der Waals surface area contributed by atoms with Crippen molar-refractivity contribution in [1.29, 1.82) is 0 Å². The van der Waals surface area contributed by atoms with Crippen LogP contribution in [-0.4, -0.2) is 50.1 Å². The molecule has 9 nitrogen and oxygen atoms in total. The van der Waals surface area contributed by atoms with Gasteiger partial charge in [-0.25, -0.2) is 0 Å². The van der Waals surface area contributed by atoms with Crippen LogP contribution in [0.5, 0.6) is 0 Å². The van der Waals surface area contributed by atoms with Crippen molar-refractivity contribution in [1.82, 2.24) is 24.6 Å². The molecule has 1 aliphatic heterocycles. The Kier molecular flexibility index (Phi) is 5.96. The highest BCUT2D eigenvalue weighted by Crippen LogP contribution is 2.32. The number of aromatic amines is 1. The van der Waals surface area contributed by atoms with Crippen LogP contribution in [0.15, 0.2) is 23.1 Å². The van der Waals surface area contributed by atoms with Gasteiger partial charge in [0, 0.05) is 50.5 Å². The maximum atomic E-state index is 12.8. The normalized spacial score (nSPS) is 15.4. The van der Waals surface area contributed by atoms with E-state index >= 15 is 0 Å². The number of ether oxygens (including phenoxy) is 1. The van der Waals surface area contributed by atoms with Crippen molar-refractivity contribution < 1.29 is 14.6 Å². The van der Waals surface area contributed by atoms with Gasteiger partial charge in [-0.3, -0.25) is 14.3 Å². The zero-order valence-corrected chi connectivity index (χ0v) is 19.1. The van der Waals surface area contributed by atoms with Crippen LogP contribution in [0.4, 0.5) is 0 Å². The van der Waals surface area contributed by atoms with Crippen LogP contribution in [0.3, 0.4) is 0 Å². The molecule has 3 aromatic rings. The first-order chi connectivity index (χ1) is 15.2. The SMILES string of the molecule is CCNC(=O)c1cc2c(-c3cc(C(C)(C)O)nn3CC3CCOCC3)cn(C)c(=O)c2[nH]1. The Morgan fingerprint density at radius 2 is 2.06 bits per heavy atom. The van der Waals surface area contributed by atoms with Crippen LogP contribution in [0.1, 0.15) is 49.8 Å². The summed E-state index contributed by atoms with van der Waals surface area (Å²) in [6.45, 7) is 7.90. The topological polar surface area (TPSA) is 114 Å². The lowest BCUT2D eigenvalue weighted by Gasteiger charge is -2.23. The highest BCUT2D eigenvalue weighted by atomic mass is 16.5. The summed E-state index contributed by atoms with van der Waals surface area (Å²) in [4.78, 5) is 28.2. The van der Waals surface area contributed by atoms with Crippen LogP contribution in [0.2, 0.25) is 0 Å². The zero-order chi connectivity index (χ0) is 23.0. The van der Waals surface area contributed by atoms with Crippen molar-refractivity contribution in [3.05, 3.63) is 40.1 Å². The Morgan fingerprint density at radius 1 is 1.34 bits per heavy atom. The zero-order valence-electron chi connectivity index (χ0n) is 19.1. The van der Waals surface area contributed by atoms with Crippen LogP contribution in [-0.2, 0) is 23.9 Å². The van der Waals surface area contributed by atoms with E-state index in [0.29, 0.717) is 41.3 Å². The van der Waals surface area contributed by atoms with E-state index in [9.17, 15) is 14.7 Å². The third kappa shape index (κ3) is 4.22. The van der Waals surface area contributed by atoms with Gasteiger partial charge in [0.05, 0.1) is 11.4 Å². The largest absolute Gasteiger partial charge is 0.384 e. The van der Waals surface area contributed by atoms with Crippen LogP contribution in [0.25, 0.3) is 22.2 Å². The molecule has 3 N–H and O–H groups in total. The number of carbonyl (C=O) groups is 1. The minimum absolute atomic E-state index is 0.211. The summed E-state index contributed by atoms with van der Waals surface area (Å²) in [6, 6.07) is 3.59. The van der Waals surface area contributed by atoms with E-state index in [1.165, 1.54) is 4.57 Å². The summed E-state index contributed by atoms with van der Waals surface area (Å²) in [6.07, 6.45) is 3.67. The van der Waals surface area contributed by atoms with Crippen LogP contribution < -0.4 is 10.9 Å². The number of H-pyrrole nitrogens is 1. The Balaban J connectivity index is 1.88. The summed E-state index contributed by atoms with van der Waals surface area (Å²) >= 11 is 0. The van der Waals surface area contributed by atoms with E-state index in [-0.39, 0.29) is 11.5 Å². The number of carbonyl (C=O) groups excluding carboxylic acids is 1. The van der Waals surface area contributed by atoms with Gasteiger partial charge in [-0.05, 0) is 51.7 Å². The first-order valence-electron chi connectivity index (χ1n) is 11.1. The molecule has 9 heteroatoms. The molecule has 172 valence electrons. The molecule has 32 heavy (non-hydrogen) atoms. The van der Waals surface area contributed by atoms with Gasteiger partial charge < -0.3 is 24.7 Å². The van der Waals surface area contributed by atoms with Crippen LogP contribution >= 0.6 is 0 Å². The monoisotopic (exact) mass is 441 g/mol. The van der Waals surface area contributed by atoms with Crippen molar-refractivity contribution in [2.45, 2.75) is 45.8 Å². The molecular weight excluding hydrogens is 410 g/mol. The Hall–Kier alpha value is -2.91. The average Bonchev–Trinajstić information content (AvgIpc) is 3.37. The molecule has 0 radical (unpaired) electrons. The third-order valence-corrected chi connectivity index (χ3v) is 6.00. The number of pyridine rings is 1. The predicted octanol–water partition coefficient (Wildman–Crippen LogP) is 2.13.